The molecule has 2 aromatic heterocycles. The highest BCUT2D eigenvalue weighted by atomic mass is 16.1. The molecule has 0 saturated carbocycles. The maximum Gasteiger partial charge on any atom is 0.222 e. The van der Waals surface area contributed by atoms with Crippen LogP contribution in [0.25, 0.3) is 0 Å². The Labute approximate surface area is 130 Å². The first-order chi connectivity index (χ1) is 10.6. The molecule has 22 heavy (non-hydrogen) atoms. The van der Waals surface area contributed by atoms with E-state index in [1.54, 1.807) is 17.1 Å². The van der Waals surface area contributed by atoms with Gasteiger partial charge in [0.2, 0.25) is 5.91 Å². The van der Waals surface area contributed by atoms with Crippen molar-refractivity contribution in [3.8, 4) is 0 Å². The van der Waals surface area contributed by atoms with Gasteiger partial charge in [0.25, 0.3) is 0 Å². The predicted molar refractivity (Wildman–Crippen MR) is 81.7 cm³/mol. The molecule has 0 bridgehead atoms. The number of hydrogen-bond donors (Lipinski definition) is 1. The molecule has 118 valence electrons. The Hall–Kier alpha value is -2.31. The van der Waals surface area contributed by atoms with Crippen LogP contribution in [-0.4, -0.2) is 31.1 Å². The van der Waals surface area contributed by atoms with Crippen LogP contribution in [0.5, 0.6) is 0 Å². The normalized spacial score (nSPS) is 12.4. The highest BCUT2D eigenvalue weighted by Gasteiger charge is 2.16. The van der Waals surface area contributed by atoms with Gasteiger partial charge in [0.15, 0.2) is 0 Å². The van der Waals surface area contributed by atoms with Gasteiger partial charge in [0.05, 0.1) is 12.6 Å². The summed E-state index contributed by atoms with van der Waals surface area (Å²) in [4.78, 5) is 16.3. The molecule has 1 atom stereocenters. The van der Waals surface area contributed by atoms with Crippen LogP contribution >= 0.6 is 0 Å². The van der Waals surface area contributed by atoms with Crippen LogP contribution in [0.2, 0.25) is 0 Å². The number of aromatic nitrogens is 5. The second kappa shape index (κ2) is 7.63. The van der Waals surface area contributed by atoms with Gasteiger partial charge < -0.3 is 5.32 Å². The Morgan fingerprint density at radius 2 is 2.23 bits per heavy atom. The van der Waals surface area contributed by atoms with Crippen molar-refractivity contribution in [1.82, 2.24) is 30.5 Å². The lowest BCUT2D eigenvalue weighted by Gasteiger charge is -2.20. The molecule has 0 radical (unpaired) electrons. The second-order valence-corrected chi connectivity index (χ2v) is 5.74. The van der Waals surface area contributed by atoms with Crippen LogP contribution in [0.15, 0.2) is 24.5 Å². The average molecular weight is 302 g/mol. The molecule has 1 amide bonds. The second-order valence-electron chi connectivity index (χ2n) is 5.74. The number of carbonyl (C=O) groups is 1. The standard InChI is InChI=1S/C15H22N6O/c1-11(2)9-14(13-5-4-7-16-10-13)17-15(22)6-8-21-12(3)18-19-20-21/h4-5,7,10-11,14H,6,8-9H2,1-3H3,(H,17,22)/t14-/m1/s1. The minimum atomic E-state index is -0.0174. The number of pyridine rings is 1. The number of aryl methyl sites for hydroxylation is 2. The quantitative estimate of drug-likeness (QED) is 0.841. The molecule has 2 aromatic rings. The summed E-state index contributed by atoms with van der Waals surface area (Å²) in [5.74, 6) is 1.18. The number of carbonyl (C=O) groups excluding carboxylic acids is 1. The molecule has 1 N–H and O–H groups in total. The molecule has 0 saturated heterocycles. The zero-order valence-electron chi connectivity index (χ0n) is 13.2. The first-order valence-corrected chi connectivity index (χ1v) is 7.48. The average Bonchev–Trinajstić information content (AvgIpc) is 2.90. The third kappa shape index (κ3) is 4.61. The lowest BCUT2D eigenvalue weighted by molar-refractivity contribution is -0.122. The molecule has 7 heteroatoms. The van der Waals surface area contributed by atoms with Crippen LogP contribution in [0, 0.1) is 12.8 Å². The fourth-order valence-electron chi connectivity index (χ4n) is 2.26. The van der Waals surface area contributed by atoms with Crippen LogP contribution < -0.4 is 5.32 Å². The summed E-state index contributed by atoms with van der Waals surface area (Å²) in [5.41, 5.74) is 1.03. The highest BCUT2D eigenvalue weighted by molar-refractivity contribution is 5.76. The summed E-state index contributed by atoms with van der Waals surface area (Å²) < 4.78 is 1.63. The van der Waals surface area contributed by atoms with Gasteiger partial charge in [-0.25, -0.2) is 4.68 Å². The third-order valence-corrected chi connectivity index (χ3v) is 3.39. The maximum absolute atomic E-state index is 12.2. The van der Waals surface area contributed by atoms with Gasteiger partial charge >= 0.3 is 0 Å². The Morgan fingerprint density at radius 3 is 2.82 bits per heavy atom. The van der Waals surface area contributed by atoms with E-state index in [9.17, 15) is 4.79 Å². The van der Waals surface area contributed by atoms with Crippen LogP contribution in [0.3, 0.4) is 0 Å². The Balaban J connectivity index is 1.95. The summed E-state index contributed by atoms with van der Waals surface area (Å²) in [6.45, 7) is 6.57. The summed E-state index contributed by atoms with van der Waals surface area (Å²) in [6.07, 6.45) is 4.76. The molecule has 2 rings (SSSR count). The number of amides is 1. The van der Waals surface area contributed by atoms with E-state index in [1.807, 2.05) is 19.1 Å². The molecule has 0 spiro atoms. The van der Waals surface area contributed by atoms with Crippen LogP contribution in [0.4, 0.5) is 0 Å². The SMILES string of the molecule is Cc1nnnn1CCC(=O)N[C@H](CC(C)C)c1cccnc1. The summed E-state index contributed by atoms with van der Waals surface area (Å²) >= 11 is 0. The first kappa shape index (κ1) is 16.1. The van der Waals surface area contributed by atoms with Gasteiger partial charge in [-0.15, -0.1) is 5.10 Å². The lowest BCUT2D eigenvalue weighted by atomic mass is 9.98. The smallest absolute Gasteiger partial charge is 0.222 e. The Kier molecular flexibility index (Phi) is 5.57. The lowest BCUT2D eigenvalue weighted by Crippen LogP contribution is -2.30. The molecule has 7 nitrogen and oxygen atoms in total. The van der Waals surface area contributed by atoms with Crippen molar-refractivity contribution in [3.05, 3.63) is 35.9 Å². The van der Waals surface area contributed by atoms with E-state index in [-0.39, 0.29) is 11.9 Å². The molecule has 0 unspecified atom stereocenters. The fourth-order valence-corrected chi connectivity index (χ4v) is 2.26. The summed E-state index contributed by atoms with van der Waals surface area (Å²) in [5, 5.41) is 14.3. The summed E-state index contributed by atoms with van der Waals surface area (Å²) in [7, 11) is 0. The van der Waals surface area contributed by atoms with Crippen LogP contribution in [-0.2, 0) is 11.3 Å². The minimum Gasteiger partial charge on any atom is -0.349 e. The van der Waals surface area contributed by atoms with Gasteiger partial charge in [0.1, 0.15) is 5.82 Å². The Morgan fingerprint density at radius 1 is 1.41 bits per heavy atom. The zero-order chi connectivity index (χ0) is 15.9. The van der Waals surface area contributed by atoms with E-state index in [1.165, 1.54) is 0 Å². The first-order valence-electron chi connectivity index (χ1n) is 7.48. The van der Waals surface area contributed by atoms with Gasteiger partial charge in [0, 0.05) is 18.8 Å². The number of nitrogens with one attached hydrogen (secondary N) is 1. The number of rotatable bonds is 7. The maximum atomic E-state index is 12.2. The van der Waals surface area contributed by atoms with E-state index in [0.29, 0.717) is 24.7 Å². The number of hydrogen-bond acceptors (Lipinski definition) is 5. The van der Waals surface area contributed by atoms with Gasteiger partial charge in [-0.2, -0.15) is 0 Å². The molecular weight excluding hydrogens is 280 g/mol. The topological polar surface area (TPSA) is 85.6 Å². The number of tetrazole rings is 1. The third-order valence-electron chi connectivity index (χ3n) is 3.39. The molecule has 0 aliphatic carbocycles. The fraction of sp³-hybridized carbons (Fsp3) is 0.533. The molecular formula is C15H22N6O. The van der Waals surface area contributed by atoms with Crippen LogP contribution in [0.1, 0.15) is 44.1 Å². The predicted octanol–water partition coefficient (Wildman–Crippen LogP) is 1.67. The molecule has 2 heterocycles. The molecule has 0 aliphatic rings. The Bertz CT molecular complexity index is 595. The van der Waals surface area contributed by atoms with Crippen molar-refractivity contribution in [2.75, 3.05) is 0 Å². The van der Waals surface area contributed by atoms with E-state index in [2.05, 4.69) is 39.7 Å². The van der Waals surface area contributed by atoms with Gasteiger partial charge in [-0.3, -0.25) is 9.78 Å². The van der Waals surface area contributed by atoms with Crippen molar-refractivity contribution in [2.24, 2.45) is 5.92 Å². The molecule has 0 fully saturated rings. The van der Waals surface area contributed by atoms with Gasteiger partial charge in [-0.05, 0) is 41.3 Å². The summed E-state index contributed by atoms with van der Waals surface area (Å²) in [6, 6.07) is 3.86. The zero-order valence-corrected chi connectivity index (χ0v) is 13.2. The highest BCUT2D eigenvalue weighted by Crippen LogP contribution is 2.20. The van der Waals surface area contributed by atoms with Crippen molar-refractivity contribution < 1.29 is 4.79 Å². The minimum absolute atomic E-state index is 0.00981. The van der Waals surface area contributed by atoms with Crippen molar-refractivity contribution >= 4 is 5.91 Å². The largest absolute Gasteiger partial charge is 0.349 e. The number of nitrogens with zero attached hydrogens (tertiary/aromatic N) is 5. The van der Waals surface area contributed by atoms with Crippen molar-refractivity contribution in [3.63, 3.8) is 0 Å². The molecule has 0 aliphatic heterocycles. The van der Waals surface area contributed by atoms with Gasteiger partial charge in [-0.1, -0.05) is 19.9 Å². The monoisotopic (exact) mass is 302 g/mol. The molecule has 0 aromatic carbocycles. The van der Waals surface area contributed by atoms with Crippen molar-refractivity contribution in [2.45, 2.75) is 46.2 Å². The van der Waals surface area contributed by atoms with E-state index < -0.39 is 0 Å². The van der Waals surface area contributed by atoms with E-state index in [0.717, 1.165) is 12.0 Å². The van der Waals surface area contributed by atoms with E-state index >= 15 is 0 Å². The van der Waals surface area contributed by atoms with Crippen molar-refractivity contribution in [1.29, 1.82) is 0 Å². The van der Waals surface area contributed by atoms with E-state index in [4.69, 9.17) is 0 Å².